The SMILES string of the molecule is CC(=O)Nc1ccc(S(=O)(=O)NCc2ccc(F)c(F)c2)cc1. The third-order valence-electron chi connectivity index (χ3n) is 2.94. The molecule has 0 bridgehead atoms. The largest absolute Gasteiger partial charge is 0.326 e. The molecule has 1 amide bonds. The van der Waals surface area contributed by atoms with Crippen LogP contribution >= 0.6 is 0 Å². The number of hydrogen-bond acceptors (Lipinski definition) is 3. The van der Waals surface area contributed by atoms with Gasteiger partial charge in [0.15, 0.2) is 11.6 Å². The van der Waals surface area contributed by atoms with E-state index in [2.05, 4.69) is 10.0 Å². The highest BCUT2D eigenvalue weighted by Crippen LogP contribution is 2.15. The van der Waals surface area contributed by atoms with Gasteiger partial charge in [-0.15, -0.1) is 0 Å². The van der Waals surface area contributed by atoms with Crippen molar-refractivity contribution in [3.8, 4) is 0 Å². The van der Waals surface area contributed by atoms with Crippen LogP contribution < -0.4 is 10.0 Å². The molecule has 122 valence electrons. The van der Waals surface area contributed by atoms with E-state index in [9.17, 15) is 22.0 Å². The van der Waals surface area contributed by atoms with E-state index >= 15 is 0 Å². The highest BCUT2D eigenvalue weighted by Gasteiger charge is 2.14. The Morgan fingerprint density at radius 1 is 1.04 bits per heavy atom. The van der Waals surface area contributed by atoms with Crippen molar-refractivity contribution >= 4 is 21.6 Å². The maximum absolute atomic E-state index is 13.1. The minimum Gasteiger partial charge on any atom is -0.326 e. The summed E-state index contributed by atoms with van der Waals surface area (Å²) < 4.78 is 52.4. The molecular weight excluding hydrogens is 326 g/mol. The van der Waals surface area contributed by atoms with E-state index in [0.717, 1.165) is 12.1 Å². The number of halogens is 2. The van der Waals surface area contributed by atoms with Gasteiger partial charge in [-0.2, -0.15) is 0 Å². The van der Waals surface area contributed by atoms with Crippen molar-refractivity contribution in [2.24, 2.45) is 0 Å². The molecule has 0 unspecified atom stereocenters. The molecule has 2 aromatic rings. The topological polar surface area (TPSA) is 75.3 Å². The molecule has 2 rings (SSSR count). The van der Waals surface area contributed by atoms with Gasteiger partial charge in [0, 0.05) is 19.2 Å². The fourth-order valence-electron chi connectivity index (χ4n) is 1.83. The van der Waals surface area contributed by atoms with E-state index in [4.69, 9.17) is 0 Å². The highest BCUT2D eigenvalue weighted by molar-refractivity contribution is 7.89. The van der Waals surface area contributed by atoms with E-state index < -0.39 is 21.7 Å². The van der Waals surface area contributed by atoms with Crippen molar-refractivity contribution in [1.29, 1.82) is 0 Å². The molecule has 0 saturated carbocycles. The second-order valence-corrected chi connectivity index (χ2v) is 6.55. The molecule has 0 heterocycles. The number of hydrogen-bond donors (Lipinski definition) is 2. The summed E-state index contributed by atoms with van der Waals surface area (Å²) in [6.45, 7) is 1.17. The zero-order chi connectivity index (χ0) is 17.0. The summed E-state index contributed by atoms with van der Waals surface area (Å²) in [4.78, 5) is 10.9. The number of amides is 1. The van der Waals surface area contributed by atoms with Gasteiger partial charge in [-0.3, -0.25) is 4.79 Å². The van der Waals surface area contributed by atoms with Crippen LogP contribution in [0, 0.1) is 11.6 Å². The van der Waals surface area contributed by atoms with Crippen molar-refractivity contribution in [2.75, 3.05) is 5.32 Å². The molecule has 0 radical (unpaired) electrons. The number of sulfonamides is 1. The minimum atomic E-state index is -3.81. The molecule has 0 fully saturated rings. The average Bonchev–Trinajstić information content (AvgIpc) is 2.48. The number of rotatable bonds is 5. The third kappa shape index (κ3) is 4.57. The Kier molecular flexibility index (Phi) is 5.07. The summed E-state index contributed by atoms with van der Waals surface area (Å²) >= 11 is 0. The Hall–Kier alpha value is -2.32. The van der Waals surface area contributed by atoms with Crippen LogP contribution in [0.4, 0.5) is 14.5 Å². The van der Waals surface area contributed by atoms with E-state index in [0.29, 0.717) is 11.3 Å². The molecule has 0 aliphatic carbocycles. The van der Waals surface area contributed by atoms with E-state index in [-0.39, 0.29) is 17.3 Å². The quantitative estimate of drug-likeness (QED) is 0.878. The number of benzene rings is 2. The summed E-state index contributed by atoms with van der Waals surface area (Å²) in [7, 11) is -3.81. The van der Waals surface area contributed by atoms with E-state index in [1.165, 1.54) is 37.3 Å². The standard InChI is InChI=1S/C15H14F2N2O3S/c1-10(20)19-12-3-5-13(6-4-12)23(21,22)18-9-11-2-7-14(16)15(17)8-11/h2-8,18H,9H2,1H3,(H,19,20). The van der Waals surface area contributed by atoms with Gasteiger partial charge in [0.25, 0.3) is 0 Å². The van der Waals surface area contributed by atoms with Crippen LogP contribution in [0.3, 0.4) is 0 Å². The maximum atomic E-state index is 13.1. The van der Waals surface area contributed by atoms with Gasteiger partial charge in [-0.25, -0.2) is 21.9 Å². The molecule has 23 heavy (non-hydrogen) atoms. The number of anilines is 1. The van der Waals surface area contributed by atoms with Crippen molar-refractivity contribution < 1.29 is 22.0 Å². The molecule has 0 saturated heterocycles. The average molecular weight is 340 g/mol. The number of carbonyl (C=O) groups excluding carboxylic acids is 1. The molecule has 5 nitrogen and oxygen atoms in total. The lowest BCUT2D eigenvalue weighted by Gasteiger charge is -2.08. The first-order valence-electron chi connectivity index (χ1n) is 6.59. The van der Waals surface area contributed by atoms with Gasteiger partial charge in [0.2, 0.25) is 15.9 Å². The van der Waals surface area contributed by atoms with Crippen molar-refractivity contribution in [3.63, 3.8) is 0 Å². The van der Waals surface area contributed by atoms with Gasteiger partial charge >= 0.3 is 0 Å². The maximum Gasteiger partial charge on any atom is 0.240 e. The van der Waals surface area contributed by atoms with E-state index in [1.54, 1.807) is 0 Å². The molecule has 0 spiro atoms. The van der Waals surface area contributed by atoms with Crippen LogP contribution in [0.25, 0.3) is 0 Å². The second-order valence-electron chi connectivity index (χ2n) is 4.78. The fraction of sp³-hybridized carbons (Fsp3) is 0.133. The van der Waals surface area contributed by atoms with Crippen LogP contribution in [-0.4, -0.2) is 14.3 Å². The normalized spacial score (nSPS) is 11.3. The molecule has 2 N–H and O–H groups in total. The molecule has 2 aromatic carbocycles. The lowest BCUT2D eigenvalue weighted by molar-refractivity contribution is -0.114. The van der Waals surface area contributed by atoms with Gasteiger partial charge in [-0.1, -0.05) is 6.07 Å². The van der Waals surface area contributed by atoms with E-state index in [1.807, 2.05) is 0 Å². The van der Waals surface area contributed by atoms with Crippen LogP contribution in [0.15, 0.2) is 47.4 Å². The number of carbonyl (C=O) groups is 1. The Labute approximate surface area is 132 Å². The van der Waals surface area contributed by atoms with Crippen molar-refractivity contribution in [1.82, 2.24) is 4.72 Å². The minimum absolute atomic E-state index is 0.00538. The first kappa shape index (κ1) is 17.0. The second kappa shape index (κ2) is 6.84. The monoisotopic (exact) mass is 340 g/mol. The van der Waals surface area contributed by atoms with Gasteiger partial charge in [0.05, 0.1) is 4.90 Å². The Bertz CT molecular complexity index is 821. The first-order valence-corrected chi connectivity index (χ1v) is 8.07. The predicted molar refractivity (Wildman–Crippen MR) is 81.1 cm³/mol. The Balaban J connectivity index is 2.09. The van der Waals surface area contributed by atoms with Gasteiger partial charge < -0.3 is 5.32 Å². The van der Waals surface area contributed by atoms with Crippen LogP contribution in [-0.2, 0) is 21.4 Å². The predicted octanol–water partition coefficient (Wildman–Crippen LogP) is 2.40. The van der Waals surface area contributed by atoms with Crippen LogP contribution in [0.1, 0.15) is 12.5 Å². The summed E-state index contributed by atoms with van der Waals surface area (Å²) in [5.74, 6) is -2.30. The number of nitrogens with one attached hydrogen (secondary N) is 2. The van der Waals surface area contributed by atoms with Crippen LogP contribution in [0.2, 0.25) is 0 Å². The zero-order valence-corrected chi connectivity index (χ0v) is 13.0. The van der Waals surface area contributed by atoms with Gasteiger partial charge in [-0.05, 0) is 42.0 Å². The molecule has 0 aliphatic heterocycles. The fourth-order valence-corrected chi connectivity index (χ4v) is 2.85. The van der Waals surface area contributed by atoms with Crippen LogP contribution in [0.5, 0.6) is 0 Å². The van der Waals surface area contributed by atoms with Crippen molar-refractivity contribution in [2.45, 2.75) is 18.4 Å². The lowest BCUT2D eigenvalue weighted by Crippen LogP contribution is -2.23. The molecule has 0 aromatic heterocycles. The zero-order valence-electron chi connectivity index (χ0n) is 12.1. The van der Waals surface area contributed by atoms with Gasteiger partial charge in [0.1, 0.15) is 0 Å². The Morgan fingerprint density at radius 2 is 1.70 bits per heavy atom. The molecular formula is C15H14F2N2O3S. The summed E-state index contributed by atoms with van der Waals surface area (Å²) in [5.41, 5.74) is 0.763. The third-order valence-corrected chi connectivity index (χ3v) is 4.35. The summed E-state index contributed by atoms with van der Waals surface area (Å²) in [6, 6.07) is 8.72. The van der Waals surface area contributed by atoms with Crippen molar-refractivity contribution in [3.05, 3.63) is 59.7 Å². The highest BCUT2D eigenvalue weighted by atomic mass is 32.2. The lowest BCUT2D eigenvalue weighted by atomic mass is 10.2. The smallest absolute Gasteiger partial charge is 0.240 e. The first-order chi connectivity index (χ1) is 10.8. The molecule has 0 aliphatic rings. The summed E-state index contributed by atoms with van der Waals surface area (Å²) in [6.07, 6.45) is 0. The Morgan fingerprint density at radius 3 is 2.26 bits per heavy atom. The molecule has 8 heteroatoms. The molecule has 0 atom stereocenters. The summed E-state index contributed by atoms with van der Waals surface area (Å²) in [5, 5.41) is 2.52.